The van der Waals surface area contributed by atoms with Crippen molar-refractivity contribution >= 4 is 17.4 Å². The van der Waals surface area contributed by atoms with E-state index in [4.69, 9.17) is 16.3 Å². The molecule has 0 saturated carbocycles. The fourth-order valence-corrected chi connectivity index (χ4v) is 1.44. The van der Waals surface area contributed by atoms with Gasteiger partial charge < -0.3 is 9.84 Å². The van der Waals surface area contributed by atoms with Crippen molar-refractivity contribution in [2.24, 2.45) is 0 Å². The van der Waals surface area contributed by atoms with Crippen molar-refractivity contribution in [2.45, 2.75) is 13.8 Å². The molecule has 0 heterocycles. The second-order valence-corrected chi connectivity index (χ2v) is 3.17. The van der Waals surface area contributed by atoms with Gasteiger partial charge in [0.05, 0.1) is 17.2 Å². The Morgan fingerprint density at radius 1 is 1.57 bits per heavy atom. The highest BCUT2D eigenvalue weighted by Crippen LogP contribution is 2.35. The number of Topliss-reactive ketones (excluding diaryl/α,β-unsaturated/α-hetero) is 1. The molecule has 0 fully saturated rings. The summed E-state index contributed by atoms with van der Waals surface area (Å²) in [4.78, 5) is 11.1. The first kappa shape index (κ1) is 10.9. The molecule has 1 N–H and O–H groups in total. The van der Waals surface area contributed by atoms with Crippen LogP contribution in [0.25, 0.3) is 0 Å². The van der Waals surface area contributed by atoms with Gasteiger partial charge >= 0.3 is 0 Å². The van der Waals surface area contributed by atoms with Crippen molar-refractivity contribution in [3.63, 3.8) is 0 Å². The van der Waals surface area contributed by atoms with E-state index in [-0.39, 0.29) is 27.9 Å². The van der Waals surface area contributed by atoms with Gasteiger partial charge in [-0.1, -0.05) is 11.6 Å². The number of halogens is 1. The molecular weight excluding hydrogens is 204 g/mol. The van der Waals surface area contributed by atoms with Crippen LogP contribution in [0.5, 0.6) is 11.5 Å². The SMILES string of the molecule is CCOc1ccc(Cl)c(C(C)=O)c1O. The van der Waals surface area contributed by atoms with Gasteiger partial charge in [-0.3, -0.25) is 4.79 Å². The summed E-state index contributed by atoms with van der Waals surface area (Å²) in [5, 5.41) is 9.88. The minimum Gasteiger partial charge on any atom is -0.504 e. The lowest BCUT2D eigenvalue weighted by Crippen LogP contribution is -1.98. The Hall–Kier alpha value is -1.22. The maximum absolute atomic E-state index is 11.1. The molecule has 0 spiro atoms. The summed E-state index contributed by atoms with van der Waals surface area (Å²) in [5.74, 6) is -0.192. The van der Waals surface area contributed by atoms with Crippen LogP contribution in [0, 0.1) is 0 Å². The first-order valence-electron chi connectivity index (χ1n) is 4.23. The Labute approximate surface area is 87.3 Å². The molecule has 0 aliphatic rings. The van der Waals surface area contributed by atoms with E-state index in [1.807, 2.05) is 0 Å². The first-order chi connectivity index (χ1) is 6.57. The number of rotatable bonds is 3. The fraction of sp³-hybridized carbons (Fsp3) is 0.300. The molecule has 0 saturated heterocycles. The predicted octanol–water partition coefficient (Wildman–Crippen LogP) is 2.65. The van der Waals surface area contributed by atoms with Gasteiger partial charge in [0.15, 0.2) is 17.3 Å². The van der Waals surface area contributed by atoms with Crippen molar-refractivity contribution < 1.29 is 14.6 Å². The molecule has 4 heteroatoms. The van der Waals surface area contributed by atoms with Crippen molar-refractivity contribution in [2.75, 3.05) is 6.61 Å². The Kier molecular flexibility index (Phi) is 3.36. The van der Waals surface area contributed by atoms with E-state index >= 15 is 0 Å². The van der Waals surface area contributed by atoms with Crippen LogP contribution in [0.3, 0.4) is 0 Å². The van der Waals surface area contributed by atoms with Crippen molar-refractivity contribution in [1.82, 2.24) is 0 Å². The molecular formula is C10H11ClO3. The van der Waals surface area contributed by atoms with Crippen molar-refractivity contribution in [3.05, 3.63) is 22.7 Å². The second kappa shape index (κ2) is 4.33. The number of hydrogen-bond acceptors (Lipinski definition) is 3. The number of aromatic hydroxyl groups is 1. The molecule has 76 valence electrons. The molecule has 0 bridgehead atoms. The lowest BCUT2D eigenvalue weighted by molar-refractivity contribution is 0.101. The van der Waals surface area contributed by atoms with Crippen molar-refractivity contribution in [3.8, 4) is 11.5 Å². The molecule has 3 nitrogen and oxygen atoms in total. The number of ketones is 1. The molecule has 1 rings (SSSR count). The van der Waals surface area contributed by atoms with Gasteiger partial charge in [-0.15, -0.1) is 0 Å². The molecule has 0 aliphatic carbocycles. The topological polar surface area (TPSA) is 46.5 Å². The van der Waals surface area contributed by atoms with Crippen LogP contribution >= 0.6 is 11.6 Å². The third-order valence-corrected chi connectivity index (χ3v) is 2.06. The van der Waals surface area contributed by atoms with E-state index in [1.54, 1.807) is 6.92 Å². The van der Waals surface area contributed by atoms with Crippen LogP contribution in [-0.4, -0.2) is 17.5 Å². The summed E-state index contributed by atoms with van der Waals surface area (Å²) in [6.45, 7) is 3.56. The molecule has 0 atom stereocenters. The third kappa shape index (κ3) is 1.99. The maximum Gasteiger partial charge on any atom is 0.170 e. The summed E-state index contributed by atoms with van der Waals surface area (Å²) in [6, 6.07) is 3.07. The quantitative estimate of drug-likeness (QED) is 0.787. The van der Waals surface area contributed by atoms with Crippen LogP contribution in [0.1, 0.15) is 24.2 Å². The first-order valence-corrected chi connectivity index (χ1v) is 4.61. The summed E-state index contributed by atoms with van der Waals surface area (Å²) in [7, 11) is 0. The van der Waals surface area contributed by atoms with Gasteiger partial charge in [-0.2, -0.15) is 0 Å². The van der Waals surface area contributed by atoms with Gasteiger partial charge in [0.25, 0.3) is 0 Å². The zero-order valence-electron chi connectivity index (χ0n) is 8.00. The van der Waals surface area contributed by atoms with E-state index in [9.17, 15) is 9.90 Å². The summed E-state index contributed by atoms with van der Waals surface area (Å²) in [5.41, 5.74) is 0.109. The van der Waals surface area contributed by atoms with Crippen LogP contribution in [0.2, 0.25) is 5.02 Å². The number of phenolic OH excluding ortho intramolecular Hbond substituents is 1. The van der Waals surface area contributed by atoms with E-state index in [1.165, 1.54) is 19.1 Å². The van der Waals surface area contributed by atoms with E-state index in [2.05, 4.69) is 0 Å². The molecule has 0 unspecified atom stereocenters. The Morgan fingerprint density at radius 2 is 2.21 bits per heavy atom. The van der Waals surface area contributed by atoms with Crippen LogP contribution in [0.4, 0.5) is 0 Å². The smallest absolute Gasteiger partial charge is 0.170 e. The highest BCUT2D eigenvalue weighted by Gasteiger charge is 2.15. The highest BCUT2D eigenvalue weighted by atomic mass is 35.5. The largest absolute Gasteiger partial charge is 0.504 e. The molecule has 0 amide bonds. The minimum absolute atomic E-state index is 0.109. The van der Waals surface area contributed by atoms with Crippen LogP contribution < -0.4 is 4.74 Å². The molecule has 1 aromatic carbocycles. The second-order valence-electron chi connectivity index (χ2n) is 2.76. The standard InChI is InChI=1S/C10H11ClO3/c1-3-14-8-5-4-7(11)9(6(2)12)10(8)13/h4-5,13H,3H2,1-2H3. The zero-order valence-corrected chi connectivity index (χ0v) is 8.76. The summed E-state index contributed by atoms with van der Waals surface area (Å²) < 4.78 is 5.12. The molecule has 14 heavy (non-hydrogen) atoms. The van der Waals surface area contributed by atoms with Gasteiger partial charge in [0.2, 0.25) is 0 Å². The summed E-state index contributed by atoms with van der Waals surface area (Å²) in [6.07, 6.45) is 0. The van der Waals surface area contributed by atoms with Gasteiger partial charge in [-0.25, -0.2) is 0 Å². The zero-order chi connectivity index (χ0) is 10.7. The van der Waals surface area contributed by atoms with E-state index < -0.39 is 0 Å². The van der Waals surface area contributed by atoms with E-state index in [0.717, 1.165) is 0 Å². The van der Waals surface area contributed by atoms with Crippen molar-refractivity contribution in [1.29, 1.82) is 0 Å². The molecule has 1 aromatic rings. The van der Waals surface area contributed by atoms with E-state index in [0.29, 0.717) is 6.61 Å². The Bertz CT molecular complexity index is 361. The van der Waals surface area contributed by atoms with Crippen LogP contribution in [0.15, 0.2) is 12.1 Å². The average Bonchev–Trinajstić information content (AvgIpc) is 2.10. The number of hydrogen-bond donors (Lipinski definition) is 1. The normalized spacial score (nSPS) is 9.93. The van der Waals surface area contributed by atoms with Gasteiger partial charge in [-0.05, 0) is 26.0 Å². The number of benzene rings is 1. The maximum atomic E-state index is 11.1. The van der Waals surface area contributed by atoms with Crippen LogP contribution in [-0.2, 0) is 0 Å². The Morgan fingerprint density at radius 3 is 2.71 bits per heavy atom. The number of phenols is 1. The molecule has 0 radical (unpaired) electrons. The average molecular weight is 215 g/mol. The fourth-order valence-electron chi connectivity index (χ4n) is 1.15. The lowest BCUT2D eigenvalue weighted by Gasteiger charge is -2.09. The number of carbonyl (C=O) groups excluding carboxylic acids is 1. The number of ether oxygens (including phenoxy) is 1. The summed E-state index contributed by atoms with van der Waals surface area (Å²) >= 11 is 5.76. The van der Waals surface area contributed by atoms with Gasteiger partial charge in [0.1, 0.15) is 0 Å². The highest BCUT2D eigenvalue weighted by molar-refractivity contribution is 6.34. The Balaban J connectivity index is 3.26. The number of carbonyl (C=O) groups is 1. The molecule has 0 aromatic heterocycles. The predicted molar refractivity (Wildman–Crippen MR) is 54.3 cm³/mol. The lowest BCUT2D eigenvalue weighted by atomic mass is 10.1. The van der Waals surface area contributed by atoms with Gasteiger partial charge in [0, 0.05) is 0 Å². The third-order valence-electron chi connectivity index (χ3n) is 1.74. The monoisotopic (exact) mass is 214 g/mol. The minimum atomic E-state index is -0.283. The molecule has 0 aliphatic heterocycles.